The minimum absolute atomic E-state index is 0.0627. The zero-order valence-electron chi connectivity index (χ0n) is 23.2. The van der Waals surface area contributed by atoms with Crippen molar-refractivity contribution in [2.24, 2.45) is 10.2 Å². The topological polar surface area (TPSA) is 60.2 Å². The maximum Gasteiger partial charge on any atom is 0.338 e. The third-order valence-corrected chi connectivity index (χ3v) is 6.48. The van der Waals surface area contributed by atoms with Crippen LogP contribution in [-0.2, 0) is 4.74 Å². The highest BCUT2D eigenvalue weighted by Gasteiger charge is 2.12. The Labute approximate surface area is 228 Å². The molecule has 0 saturated heterocycles. The van der Waals surface area contributed by atoms with Gasteiger partial charge in [0.15, 0.2) is 0 Å². The molecule has 3 rings (SSSR count). The van der Waals surface area contributed by atoms with Crippen LogP contribution in [0, 0.1) is 0 Å². The quantitative estimate of drug-likeness (QED) is 0.108. The molecule has 5 heteroatoms. The molecule has 202 valence electrons. The maximum atomic E-state index is 12.5. The van der Waals surface area contributed by atoms with Gasteiger partial charge in [0.2, 0.25) is 0 Å². The Hall–Kier alpha value is -3.47. The predicted molar refractivity (Wildman–Crippen MR) is 156 cm³/mol. The third kappa shape index (κ3) is 10.1. The molecular weight excluding hydrogens is 472 g/mol. The average Bonchev–Trinajstić information content (AvgIpc) is 2.95. The first kappa shape index (κ1) is 29.1. The smallest absolute Gasteiger partial charge is 0.338 e. The zero-order valence-corrected chi connectivity index (χ0v) is 23.2. The first-order valence-corrected chi connectivity index (χ1v) is 14.1. The number of azo groups is 1. The fourth-order valence-corrected chi connectivity index (χ4v) is 4.13. The highest BCUT2D eigenvalue weighted by atomic mass is 16.5. The highest BCUT2D eigenvalue weighted by molar-refractivity contribution is 5.90. The molecule has 0 aliphatic rings. The second-order valence-electron chi connectivity index (χ2n) is 9.79. The molecule has 0 radical (unpaired) electrons. The number of benzene rings is 3. The molecule has 0 amide bonds. The summed E-state index contributed by atoms with van der Waals surface area (Å²) < 4.78 is 11.4. The van der Waals surface area contributed by atoms with Gasteiger partial charge in [0.05, 0.1) is 29.6 Å². The van der Waals surface area contributed by atoms with Crippen molar-refractivity contribution >= 4 is 17.3 Å². The van der Waals surface area contributed by atoms with E-state index in [1.807, 2.05) is 79.7 Å². The normalized spacial score (nSPS) is 12.0. The van der Waals surface area contributed by atoms with Crippen molar-refractivity contribution in [2.75, 3.05) is 6.61 Å². The van der Waals surface area contributed by atoms with Crippen LogP contribution in [0.1, 0.15) is 88.9 Å². The number of hydrogen-bond donors (Lipinski definition) is 0. The lowest BCUT2D eigenvalue weighted by Crippen LogP contribution is -2.15. The molecule has 5 nitrogen and oxygen atoms in total. The minimum atomic E-state index is -0.262. The van der Waals surface area contributed by atoms with E-state index in [2.05, 4.69) is 24.1 Å². The summed E-state index contributed by atoms with van der Waals surface area (Å²) in [4.78, 5) is 12.5. The van der Waals surface area contributed by atoms with Crippen molar-refractivity contribution < 1.29 is 14.3 Å². The van der Waals surface area contributed by atoms with Gasteiger partial charge in [-0.25, -0.2) is 4.79 Å². The van der Waals surface area contributed by atoms with Crippen LogP contribution in [-0.4, -0.2) is 18.7 Å². The van der Waals surface area contributed by atoms with Gasteiger partial charge in [-0.15, -0.1) is 0 Å². The number of nitrogens with zero attached hydrogens (tertiary/aromatic N) is 2. The molecular formula is C33H42N2O3. The summed E-state index contributed by atoms with van der Waals surface area (Å²) in [5, 5.41) is 8.70. The third-order valence-electron chi connectivity index (χ3n) is 6.48. The van der Waals surface area contributed by atoms with E-state index >= 15 is 0 Å². The van der Waals surface area contributed by atoms with Gasteiger partial charge < -0.3 is 9.47 Å². The summed E-state index contributed by atoms with van der Waals surface area (Å²) in [6.45, 7) is 7.12. The van der Waals surface area contributed by atoms with Crippen LogP contribution in [0.5, 0.6) is 5.75 Å². The van der Waals surface area contributed by atoms with Crippen molar-refractivity contribution in [2.45, 2.75) is 84.7 Å². The van der Waals surface area contributed by atoms with E-state index in [9.17, 15) is 4.79 Å². The monoisotopic (exact) mass is 514 g/mol. The molecule has 0 aliphatic heterocycles. The molecule has 0 heterocycles. The minimum Gasteiger partial charge on any atom is -0.494 e. The Morgan fingerprint density at radius 2 is 1.21 bits per heavy atom. The number of ether oxygens (including phenoxy) is 2. The molecule has 0 saturated carbocycles. The Balaban J connectivity index is 1.48. The zero-order chi connectivity index (χ0) is 27.0. The van der Waals surface area contributed by atoms with Crippen molar-refractivity contribution in [1.82, 2.24) is 0 Å². The van der Waals surface area contributed by atoms with Gasteiger partial charge >= 0.3 is 5.97 Å². The van der Waals surface area contributed by atoms with Crippen molar-refractivity contribution in [3.63, 3.8) is 0 Å². The first-order valence-electron chi connectivity index (χ1n) is 14.1. The number of esters is 1. The molecule has 0 N–H and O–H groups in total. The maximum absolute atomic E-state index is 12.5. The summed E-state index contributed by atoms with van der Waals surface area (Å²) in [7, 11) is 0. The van der Waals surface area contributed by atoms with Gasteiger partial charge in [-0.2, -0.15) is 10.2 Å². The first-order chi connectivity index (χ1) is 18.6. The molecule has 0 spiro atoms. The molecule has 0 bridgehead atoms. The van der Waals surface area contributed by atoms with Crippen molar-refractivity contribution in [3.05, 3.63) is 78.4 Å². The predicted octanol–water partition coefficient (Wildman–Crippen LogP) is 10.2. The van der Waals surface area contributed by atoms with E-state index in [0.717, 1.165) is 54.1 Å². The van der Waals surface area contributed by atoms with Gasteiger partial charge in [-0.1, -0.05) is 76.6 Å². The van der Waals surface area contributed by atoms with Crippen LogP contribution in [0.25, 0.3) is 11.1 Å². The molecule has 0 unspecified atom stereocenters. The summed E-state index contributed by atoms with van der Waals surface area (Å²) in [5.74, 6) is 0.600. The highest BCUT2D eigenvalue weighted by Crippen LogP contribution is 2.26. The van der Waals surface area contributed by atoms with Gasteiger partial charge in [0.1, 0.15) is 5.75 Å². The molecule has 1 atom stereocenters. The van der Waals surface area contributed by atoms with Gasteiger partial charge in [-0.3, -0.25) is 0 Å². The SMILES string of the molecule is CCCCCCOc1ccc(N=Nc2ccc(-c3ccc(C(=O)O[C@@H](C)CCCCCC)cc3)cc2)cc1. The second-order valence-corrected chi connectivity index (χ2v) is 9.79. The number of unbranched alkanes of at least 4 members (excludes halogenated alkanes) is 6. The van der Waals surface area contributed by atoms with Crippen molar-refractivity contribution in [3.8, 4) is 16.9 Å². The Morgan fingerprint density at radius 3 is 1.79 bits per heavy atom. The van der Waals surface area contributed by atoms with E-state index in [1.165, 1.54) is 38.5 Å². The van der Waals surface area contributed by atoms with Crippen LogP contribution in [0.15, 0.2) is 83.0 Å². The lowest BCUT2D eigenvalue weighted by atomic mass is 10.0. The largest absolute Gasteiger partial charge is 0.494 e. The van der Waals surface area contributed by atoms with Gasteiger partial charge in [-0.05, 0) is 85.8 Å². The Morgan fingerprint density at radius 1 is 0.684 bits per heavy atom. The number of carbonyl (C=O) groups excluding carboxylic acids is 1. The lowest BCUT2D eigenvalue weighted by molar-refractivity contribution is 0.0319. The fraction of sp³-hybridized carbons (Fsp3) is 0.424. The summed E-state index contributed by atoms with van der Waals surface area (Å²) in [6.07, 6.45) is 10.3. The van der Waals surface area contributed by atoms with Crippen LogP contribution in [0.4, 0.5) is 11.4 Å². The van der Waals surface area contributed by atoms with Gasteiger partial charge in [0, 0.05) is 0 Å². The number of hydrogen-bond acceptors (Lipinski definition) is 5. The van der Waals surface area contributed by atoms with E-state index in [1.54, 1.807) is 0 Å². The average molecular weight is 515 g/mol. The molecule has 3 aromatic rings. The van der Waals surface area contributed by atoms with E-state index in [0.29, 0.717) is 5.56 Å². The summed E-state index contributed by atoms with van der Waals surface area (Å²) >= 11 is 0. The van der Waals surface area contributed by atoms with Crippen LogP contribution >= 0.6 is 0 Å². The molecule has 0 fully saturated rings. The summed E-state index contributed by atoms with van der Waals surface area (Å²) in [5.41, 5.74) is 4.22. The Kier molecular flexibility index (Phi) is 12.5. The number of rotatable bonds is 16. The Bertz CT molecular complexity index is 1110. The van der Waals surface area contributed by atoms with Crippen LogP contribution in [0.3, 0.4) is 0 Å². The molecule has 0 aliphatic carbocycles. The second kappa shape index (κ2) is 16.4. The van der Waals surface area contributed by atoms with E-state index < -0.39 is 0 Å². The van der Waals surface area contributed by atoms with Crippen molar-refractivity contribution in [1.29, 1.82) is 0 Å². The van der Waals surface area contributed by atoms with E-state index in [4.69, 9.17) is 9.47 Å². The van der Waals surface area contributed by atoms with E-state index in [-0.39, 0.29) is 12.1 Å². The fourth-order valence-electron chi connectivity index (χ4n) is 4.13. The molecule has 0 aromatic heterocycles. The molecule has 38 heavy (non-hydrogen) atoms. The standard InChI is InChI=1S/C33H42N2O3/c1-4-6-8-10-12-26(3)38-33(36)29-15-13-27(14-16-29)28-17-19-30(20-18-28)34-35-31-21-23-32(24-22-31)37-25-11-9-7-5-2/h13-24,26H,4-12,25H2,1-3H3/t26-/m0/s1. The van der Waals surface area contributed by atoms with Crippen LogP contribution < -0.4 is 4.74 Å². The van der Waals surface area contributed by atoms with Gasteiger partial charge in [0.25, 0.3) is 0 Å². The lowest BCUT2D eigenvalue weighted by Gasteiger charge is -2.13. The summed E-state index contributed by atoms with van der Waals surface area (Å²) in [6, 6.07) is 23.2. The van der Waals surface area contributed by atoms with Crippen LogP contribution in [0.2, 0.25) is 0 Å². The molecule has 3 aromatic carbocycles. The number of carbonyl (C=O) groups is 1.